The molecule has 2 rings (SSSR count). The van der Waals surface area contributed by atoms with Crippen molar-refractivity contribution >= 4 is 5.97 Å². The van der Waals surface area contributed by atoms with Crippen LogP contribution in [0, 0.1) is 0 Å². The van der Waals surface area contributed by atoms with Crippen LogP contribution < -0.4 is 0 Å². The fourth-order valence-corrected chi connectivity index (χ4v) is 1.79. The van der Waals surface area contributed by atoms with E-state index < -0.39 is 5.97 Å². The minimum atomic E-state index is -0.864. The lowest BCUT2D eigenvalue weighted by Gasteiger charge is -1.98. The number of nitrogens with one attached hydrogen (secondary N) is 1. The Morgan fingerprint density at radius 1 is 1.75 bits per heavy atom. The molecule has 1 aliphatic carbocycles. The molecule has 1 aromatic heterocycles. The van der Waals surface area contributed by atoms with Crippen LogP contribution in [-0.4, -0.2) is 16.1 Å². The van der Waals surface area contributed by atoms with Crippen molar-refractivity contribution in [1.82, 2.24) is 4.98 Å². The third kappa shape index (κ3) is 0.932. The van der Waals surface area contributed by atoms with Crippen LogP contribution in [-0.2, 0) is 6.42 Å². The first kappa shape index (κ1) is 7.40. The average molecular weight is 165 g/mol. The van der Waals surface area contributed by atoms with Gasteiger partial charge in [0.1, 0.15) is 5.69 Å². The molecule has 2 N–H and O–H groups in total. The number of aromatic carboxylic acids is 1. The number of carboxylic acids is 1. The van der Waals surface area contributed by atoms with Gasteiger partial charge in [0.25, 0.3) is 0 Å². The first-order valence-corrected chi connectivity index (χ1v) is 4.13. The number of aromatic amines is 1. The molecule has 1 atom stereocenters. The summed E-state index contributed by atoms with van der Waals surface area (Å²) in [6.07, 6.45) is 2.15. The second-order valence-electron chi connectivity index (χ2n) is 3.37. The Hall–Kier alpha value is -1.25. The Labute approximate surface area is 70.4 Å². The summed E-state index contributed by atoms with van der Waals surface area (Å²) in [6.45, 7) is 2.12. The number of aryl methyl sites for hydroxylation is 1. The van der Waals surface area contributed by atoms with Gasteiger partial charge in [-0.25, -0.2) is 4.79 Å². The Morgan fingerprint density at radius 3 is 3.08 bits per heavy atom. The van der Waals surface area contributed by atoms with Gasteiger partial charge in [-0.2, -0.15) is 0 Å². The highest BCUT2D eigenvalue weighted by atomic mass is 16.4. The van der Waals surface area contributed by atoms with Crippen molar-refractivity contribution in [2.45, 2.75) is 25.7 Å². The number of carboxylic acid groups (broad SMARTS) is 1. The summed E-state index contributed by atoms with van der Waals surface area (Å²) in [5, 5.41) is 8.70. The van der Waals surface area contributed by atoms with Crippen LogP contribution in [0.2, 0.25) is 0 Å². The number of aromatic nitrogens is 1. The number of carbonyl (C=O) groups is 1. The smallest absolute Gasteiger partial charge is 0.352 e. The number of H-pyrrole nitrogens is 1. The van der Waals surface area contributed by atoms with Crippen molar-refractivity contribution < 1.29 is 9.90 Å². The van der Waals surface area contributed by atoms with Gasteiger partial charge in [-0.3, -0.25) is 0 Å². The molecule has 0 fully saturated rings. The monoisotopic (exact) mass is 165 g/mol. The zero-order valence-corrected chi connectivity index (χ0v) is 6.92. The van der Waals surface area contributed by atoms with E-state index in [9.17, 15) is 4.79 Å². The normalized spacial score (nSPS) is 20.9. The Bertz CT molecular complexity index is 327. The van der Waals surface area contributed by atoms with Gasteiger partial charge in [-0.15, -0.1) is 0 Å². The molecule has 0 bridgehead atoms. The zero-order chi connectivity index (χ0) is 8.72. The van der Waals surface area contributed by atoms with Gasteiger partial charge in [0.2, 0.25) is 0 Å². The minimum absolute atomic E-state index is 0.326. The van der Waals surface area contributed by atoms with Gasteiger partial charge >= 0.3 is 5.97 Å². The molecule has 1 aromatic rings. The molecule has 0 aromatic carbocycles. The van der Waals surface area contributed by atoms with Crippen molar-refractivity contribution in [3.8, 4) is 0 Å². The summed E-state index contributed by atoms with van der Waals surface area (Å²) in [7, 11) is 0. The van der Waals surface area contributed by atoms with Crippen molar-refractivity contribution in [1.29, 1.82) is 0 Å². The molecule has 1 aliphatic rings. The van der Waals surface area contributed by atoms with E-state index in [1.165, 1.54) is 5.56 Å². The van der Waals surface area contributed by atoms with E-state index in [2.05, 4.69) is 11.9 Å². The molecule has 0 spiro atoms. The van der Waals surface area contributed by atoms with Crippen LogP contribution in [0.5, 0.6) is 0 Å². The Morgan fingerprint density at radius 2 is 2.50 bits per heavy atom. The fourth-order valence-electron chi connectivity index (χ4n) is 1.79. The molecule has 3 heteroatoms. The Balaban J connectivity index is 2.43. The minimum Gasteiger partial charge on any atom is -0.477 e. The quantitative estimate of drug-likeness (QED) is 0.666. The van der Waals surface area contributed by atoms with E-state index >= 15 is 0 Å². The summed E-state index contributed by atoms with van der Waals surface area (Å²) in [6, 6.07) is 1.75. The molecule has 0 amide bonds. The molecule has 0 aliphatic heterocycles. The Kier molecular flexibility index (Phi) is 1.46. The molecule has 12 heavy (non-hydrogen) atoms. The van der Waals surface area contributed by atoms with Gasteiger partial charge in [0, 0.05) is 5.69 Å². The first-order valence-electron chi connectivity index (χ1n) is 4.13. The second-order valence-corrected chi connectivity index (χ2v) is 3.37. The van der Waals surface area contributed by atoms with Crippen LogP contribution in [0.15, 0.2) is 6.07 Å². The van der Waals surface area contributed by atoms with Crippen molar-refractivity contribution in [3.63, 3.8) is 0 Å². The summed E-state index contributed by atoms with van der Waals surface area (Å²) >= 11 is 0. The van der Waals surface area contributed by atoms with Crippen LogP contribution in [0.3, 0.4) is 0 Å². The summed E-state index contributed by atoms with van der Waals surface area (Å²) in [4.78, 5) is 13.5. The van der Waals surface area contributed by atoms with Crippen LogP contribution in [0.4, 0.5) is 0 Å². The average Bonchev–Trinajstić information content (AvgIpc) is 2.53. The van der Waals surface area contributed by atoms with E-state index in [0.717, 1.165) is 18.5 Å². The van der Waals surface area contributed by atoms with Gasteiger partial charge in [-0.1, -0.05) is 6.92 Å². The predicted molar refractivity (Wildman–Crippen MR) is 44.5 cm³/mol. The molecular weight excluding hydrogens is 154 g/mol. The zero-order valence-electron chi connectivity index (χ0n) is 6.92. The van der Waals surface area contributed by atoms with E-state index in [1.807, 2.05) is 0 Å². The predicted octanol–water partition coefficient (Wildman–Crippen LogP) is 1.76. The maximum atomic E-state index is 10.6. The van der Waals surface area contributed by atoms with Crippen molar-refractivity contribution in [2.24, 2.45) is 0 Å². The molecule has 0 saturated carbocycles. The molecule has 3 nitrogen and oxygen atoms in total. The molecule has 1 unspecified atom stereocenters. The molecule has 1 heterocycles. The van der Waals surface area contributed by atoms with Crippen LogP contribution in [0.1, 0.15) is 41.0 Å². The van der Waals surface area contributed by atoms with E-state index in [0.29, 0.717) is 11.6 Å². The fraction of sp³-hybridized carbons (Fsp3) is 0.444. The number of hydrogen-bond donors (Lipinski definition) is 2. The third-order valence-corrected chi connectivity index (χ3v) is 2.50. The van der Waals surface area contributed by atoms with E-state index in [-0.39, 0.29) is 0 Å². The largest absolute Gasteiger partial charge is 0.477 e. The third-order valence-electron chi connectivity index (χ3n) is 2.50. The highest BCUT2D eigenvalue weighted by Gasteiger charge is 2.22. The molecule has 0 radical (unpaired) electrons. The lowest BCUT2D eigenvalue weighted by Crippen LogP contribution is -1.97. The summed E-state index contributed by atoms with van der Waals surface area (Å²) in [5.41, 5.74) is 2.62. The SMILES string of the molecule is CC1CCc2cc(C(=O)O)[nH]c21. The van der Waals surface area contributed by atoms with Gasteiger partial charge < -0.3 is 10.1 Å². The van der Waals surface area contributed by atoms with E-state index in [4.69, 9.17) is 5.11 Å². The standard InChI is InChI=1S/C9H11NO2/c1-5-2-3-6-4-7(9(11)12)10-8(5)6/h4-5,10H,2-3H2,1H3,(H,11,12). The maximum Gasteiger partial charge on any atom is 0.352 e. The van der Waals surface area contributed by atoms with Gasteiger partial charge in [-0.05, 0) is 30.4 Å². The lowest BCUT2D eigenvalue weighted by atomic mass is 10.1. The van der Waals surface area contributed by atoms with Crippen molar-refractivity contribution in [2.75, 3.05) is 0 Å². The number of rotatable bonds is 1. The number of hydrogen-bond acceptors (Lipinski definition) is 1. The summed E-state index contributed by atoms with van der Waals surface area (Å²) < 4.78 is 0. The lowest BCUT2D eigenvalue weighted by molar-refractivity contribution is 0.0691. The first-order chi connectivity index (χ1) is 5.68. The van der Waals surface area contributed by atoms with E-state index in [1.54, 1.807) is 6.07 Å². The van der Waals surface area contributed by atoms with Crippen LogP contribution in [0.25, 0.3) is 0 Å². The molecule has 0 saturated heterocycles. The topological polar surface area (TPSA) is 53.1 Å². The maximum absolute atomic E-state index is 10.6. The second kappa shape index (κ2) is 2.37. The molecular formula is C9H11NO2. The molecule has 64 valence electrons. The van der Waals surface area contributed by atoms with Gasteiger partial charge in [0.15, 0.2) is 0 Å². The van der Waals surface area contributed by atoms with Crippen molar-refractivity contribution in [3.05, 3.63) is 23.0 Å². The number of fused-ring (bicyclic) bond motifs is 1. The highest BCUT2D eigenvalue weighted by molar-refractivity contribution is 5.86. The highest BCUT2D eigenvalue weighted by Crippen LogP contribution is 2.32. The van der Waals surface area contributed by atoms with Crippen LogP contribution >= 0.6 is 0 Å². The van der Waals surface area contributed by atoms with Gasteiger partial charge in [0.05, 0.1) is 0 Å². The summed E-state index contributed by atoms with van der Waals surface area (Å²) in [5.74, 6) is -0.371.